The van der Waals surface area contributed by atoms with Gasteiger partial charge in [-0.05, 0) is 12.1 Å². The summed E-state index contributed by atoms with van der Waals surface area (Å²) in [7, 11) is 1.43. The summed E-state index contributed by atoms with van der Waals surface area (Å²) < 4.78 is 4.72. The smallest absolute Gasteiger partial charge is 0.164 e. The first-order valence-corrected chi connectivity index (χ1v) is 2.80. The van der Waals surface area contributed by atoms with E-state index in [1.54, 1.807) is 0 Å². The second-order valence-corrected chi connectivity index (χ2v) is 1.86. The van der Waals surface area contributed by atoms with Crippen molar-refractivity contribution < 1.29 is 14.9 Å². The van der Waals surface area contributed by atoms with E-state index in [0.29, 0.717) is 0 Å². The van der Waals surface area contributed by atoms with Crippen LogP contribution in [0.5, 0.6) is 17.2 Å². The second kappa shape index (κ2) is 4.12. The maximum absolute atomic E-state index is 9.00. The first-order chi connectivity index (χ1) is 4.74. The van der Waals surface area contributed by atoms with Crippen LogP contribution in [0.1, 0.15) is 0 Å². The molecule has 3 radical (unpaired) electrons. The summed E-state index contributed by atoms with van der Waals surface area (Å²) in [5.41, 5.74) is 0. The Kier molecular flexibility index (Phi) is 3.80. The first-order valence-electron chi connectivity index (χ1n) is 2.80. The predicted molar refractivity (Wildman–Crippen MR) is 42.1 cm³/mol. The monoisotopic (exact) mass is 167 g/mol. The average molecular weight is 167 g/mol. The van der Waals surface area contributed by atoms with Crippen LogP contribution in [0.4, 0.5) is 0 Å². The number of benzene rings is 1. The Labute approximate surface area is 75.4 Å². The lowest BCUT2D eigenvalue weighted by atomic mass is 10.3. The number of aromatic hydroxyl groups is 2. The summed E-state index contributed by atoms with van der Waals surface area (Å²) in [5, 5.41) is 17.9. The van der Waals surface area contributed by atoms with Crippen LogP contribution < -0.4 is 4.74 Å². The standard InChI is InChI=1S/C7H8O3.Al/c1-10-7-4-5(8)2-3-6(7)9;/h2-4,8-9H,1H3;. The normalized spacial score (nSPS) is 8.45. The summed E-state index contributed by atoms with van der Waals surface area (Å²) in [5.74, 6) is 0.384. The van der Waals surface area contributed by atoms with Crippen LogP contribution in [0.2, 0.25) is 0 Å². The van der Waals surface area contributed by atoms with Crippen LogP contribution >= 0.6 is 0 Å². The van der Waals surface area contributed by atoms with Gasteiger partial charge in [-0.3, -0.25) is 0 Å². The van der Waals surface area contributed by atoms with E-state index in [2.05, 4.69) is 0 Å². The Balaban J connectivity index is 0.000001000. The third-order valence-corrected chi connectivity index (χ3v) is 1.16. The minimum Gasteiger partial charge on any atom is -0.508 e. The Morgan fingerprint density at radius 2 is 1.91 bits per heavy atom. The number of hydrogen-bond donors (Lipinski definition) is 2. The fourth-order valence-electron chi connectivity index (χ4n) is 0.666. The molecule has 0 aliphatic heterocycles. The van der Waals surface area contributed by atoms with Crippen molar-refractivity contribution in [2.45, 2.75) is 0 Å². The molecule has 0 aliphatic carbocycles. The van der Waals surface area contributed by atoms with Crippen molar-refractivity contribution in [1.82, 2.24) is 0 Å². The van der Waals surface area contributed by atoms with Gasteiger partial charge in [0.1, 0.15) is 5.75 Å². The number of methoxy groups -OCH3 is 1. The molecule has 0 unspecified atom stereocenters. The SMILES string of the molecule is COc1cc(O)ccc1O.[Al]. The lowest BCUT2D eigenvalue weighted by molar-refractivity contribution is 0.368. The van der Waals surface area contributed by atoms with Gasteiger partial charge < -0.3 is 14.9 Å². The minimum atomic E-state index is 0. The molecule has 0 bridgehead atoms. The van der Waals surface area contributed by atoms with Crippen LogP contribution in [-0.4, -0.2) is 34.7 Å². The van der Waals surface area contributed by atoms with Gasteiger partial charge in [0.05, 0.1) is 7.11 Å². The van der Waals surface area contributed by atoms with Gasteiger partial charge in [0, 0.05) is 23.4 Å². The molecule has 0 saturated heterocycles. The van der Waals surface area contributed by atoms with E-state index < -0.39 is 0 Å². The first kappa shape index (κ1) is 10.2. The van der Waals surface area contributed by atoms with E-state index in [0.717, 1.165) is 0 Å². The van der Waals surface area contributed by atoms with Crippen molar-refractivity contribution in [3.8, 4) is 17.2 Å². The van der Waals surface area contributed by atoms with Crippen LogP contribution in [-0.2, 0) is 0 Å². The lowest BCUT2D eigenvalue weighted by Crippen LogP contribution is -1.81. The van der Waals surface area contributed by atoms with E-state index in [1.807, 2.05) is 0 Å². The van der Waals surface area contributed by atoms with E-state index in [1.165, 1.54) is 25.3 Å². The molecule has 0 spiro atoms. The molecule has 4 heteroatoms. The van der Waals surface area contributed by atoms with Crippen LogP contribution in [0.15, 0.2) is 18.2 Å². The predicted octanol–water partition coefficient (Wildman–Crippen LogP) is 0.726. The lowest BCUT2D eigenvalue weighted by Gasteiger charge is -2.01. The molecule has 0 saturated carbocycles. The molecule has 57 valence electrons. The maximum Gasteiger partial charge on any atom is 0.164 e. The fourth-order valence-corrected chi connectivity index (χ4v) is 0.666. The molecule has 0 atom stereocenters. The highest BCUT2D eigenvalue weighted by Gasteiger charge is 1.99. The largest absolute Gasteiger partial charge is 0.508 e. The molecule has 3 nitrogen and oxygen atoms in total. The highest BCUT2D eigenvalue weighted by Crippen LogP contribution is 2.28. The van der Waals surface area contributed by atoms with Gasteiger partial charge in [0.2, 0.25) is 0 Å². The van der Waals surface area contributed by atoms with E-state index in [9.17, 15) is 0 Å². The molecule has 0 aliphatic rings. The van der Waals surface area contributed by atoms with Gasteiger partial charge in [-0.1, -0.05) is 0 Å². The van der Waals surface area contributed by atoms with Gasteiger partial charge in [0.15, 0.2) is 11.5 Å². The van der Waals surface area contributed by atoms with Crippen LogP contribution in [0, 0.1) is 0 Å². The van der Waals surface area contributed by atoms with Gasteiger partial charge in [0.25, 0.3) is 0 Å². The second-order valence-electron chi connectivity index (χ2n) is 1.86. The minimum absolute atomic E-state index is 0. The fraction of sp³-hybridized carbons (Fsp3) is 0.143. The molecule has 1 rings (SSSR count). The number of phenols is 2. The zero-order chi connectivity index (χ0) is 7.56. The van der Waals surface area contributed by atoms with Crippen molar-refractivity contribution in [3.63, 3.8) is 0 Å². The van der Waals surface area contributed by atoms with Gasteiger partial charge in [-0.25, -0.2) is 0 Å². The number of phenolic OH excluding ortho intramolecular Hbond substituents is 2. The van der Waals surface area contributed by atoms with Crippen LogP contribution in [0.3, 0.4) is 0 Å². The maximum atomic E-state index is 9.00. The molecule has 2 N–H and O–H groups in total. The van der Waals surface area contributed by atoms with Gasteiger partial charge in [-0.2, -0.15) is 0 Å². The highest BCUT2D eigenvalue weighted by molar-refractivity contribution is 5.75. The molecule has 0 fully saturated rings. The Bertz CT molecular complexity index is 237. The third-order valence-electron chi connectivity index (χ3n) is 1.16. The van der Waals surface area contributed by atoms with E-state index in [-0.39, 0.29) is 34.6 Å². The van der Waals surface area contributed by atoms with Crippen molar-refractivity contribution in [2.24, 2.45) is 0 Å². The summed E-state index contributed by atoms with van der Waals surface area (Å²) in [6.07, 6.45) is 0. The van der Waals surface area contributed by atoms with E-state index in [4.69, 9.17) is 14.9 Å². The van der Waals surface area contributed by atoms with Crippen molar-refractivity contribution in [3.05, 3.63) is 18.2 Å². The molecular weight excluding hydrogens is 159 g/mol. The molecule has 1 aromatic carbocycles. The molecular formula is C7H8AlO3. The quantitative estimate of drug-likeness (QED) is 0.478. The molecule has 1 aromatic rings. The summed E-state index contributed by atoms with van der Waals surface area (Å²) in [6, 6.07) is 4.10. The van der Waals surface area contributed by atoms with E-state index >= 15 is 0 Å². The number of hydrogen-bond acceptors (Lipinski definition) is 3. The molecule has 0 aromatic heterocycles. The average Bonchev–Trinajstić information content (AvgIpc) is 1.94. The summed E-state index contributed by atoms with van der Waals surface area (Å²) in [6.45, 7) is 0. The summed E-state index contributed by atoms with van der Waals surface area (Å²) in [4.78, 5) is 0. The van der Waals surface area contributed by atoms with Gasteiger partial charge in [-0.15, -0.1) is 0 Å². The highest BCUT2D eigenvalue weighted by atomic mass is 27.0. The van der Waals surface area contributed by atoms with Gasteiger partial charge >= 0.3 is 0 Å². The van der Waals surface area contributed by atoms with Crippen molar-refractivity contribution >= 4 is 17.4 Å². The van der Waals surface area contributed by atoms with Crippen molar-refractivity contribution in [1.29, 1.82) is 0 Å². The Morgan fingerprint density at radius 3 is 2.36 bits per heavy atom. The number of rotatable bonds is 1. The Morgan fingerprint density at radius 1 is 1.27 bits per heavy atom. The van der Waals surface area contributed by atoms with Crippen LogP contribution in [0.25, 0.3) is 0 Å². The van der Waals surface area contributed by atoms with Crippen molar-refractivity contribution in [2.75, 3.05) is 7.11 Å². The Hall–Kier alpha value is -0.848. The number of ether oxygens (including phenoxy) is 1. The zero-order valence-electron chi connectivity index (χ0n) is 6.11. The molecule has 0 heterocycles. The summed E-state index contributed by atoms with van der Waals surface area (Å²) >= 11 is 0. The third kappa shape index (κ3) is 2.34. The molecule has 11 heavy (non-hydrogen) atoms. The topological polar surface area (TPSA) is 49.7 Å². The zero-order valence-corrected chi connectivity index (χ0v) is 7.27. The molecule has 0 amide bonds.